The molecule has 0 spiro atoms. The van der Waals surface area contributed by atoms with Gasteiger partial charge in [0.1, 0.15) is 18.2 Å². The van der Waals surface area contributed by atoms with Gasteiger partial charge in [0.05, 0.1) is 16.6 Å². The molecule has 35 heavy (non-hydrogen) atoms. The molecule has 5 rings (SSSR count). The van der Waals surface area contributed by atoms with E-state index in [1.165, 1.54) is 11.8 Å². The van der Waals surface area contributed by atoms with Crippen LogP contribution in [-0.2, 0) is 6.54 Å². The minimum Gasteiger partial charge on any atom is -0.492 e. The van der Waals surface area contributed by atoms with E-state index in [1.54, 1.807) is 6.08 Å². The van der Waals surface area contributed by atoms with Crippen molar-refractivity contribution in [3.8, 4) is 16.9 Å². The number of halogens is 3. The summed E-state index contributed by atoms with van der Waals surface area (Å²) in [5.74, 6) is 1.07. The molecule has 0 saturated carbocycles. The lowest BCUT2D eigenvalue weighted by Gasteiger charge is -2.30. The summed E-state index contributed by atoms with van der Waals surface area (Å²) in [6.07, 6.45) is -2.15. The third kappa shape index (κ3) is 5.00. The number of imidazole rings is 1. The van der Waals surface area contributed by atoms with Gasteiger partial charge in [0.25, 0.3) is 0 Å². The van der Waals surface area contributed by atoms with Crippen LogP contribution >= 0.6 is 11.8 Å². The zero-order valence-corrected chi connectivity index (χ0v) is 20.8. The highest BCUT2D eigenvalue weighted by molar-refractivity contribution is 8.06. The lowest BCUT2D eigenvalue weighted by molar-refractivity contribution is -0.0980. The summed E-state index contributed by atoms with van der Waals surface area (Å²) >= 11 is 1.25. The molecule has 1 aromatic heterocycles. The van der Waals surface area contributed by atoms with Crippen LogP contribution in [0.5, 0.6) is 5.75 Å². The summed E-state index contributed by atoms with van der Waals surface area (Å²) in [4.78, 5) is 11.1. The lowest BCUT2D eigenvalue weighted by atomic mass is 9.94. The van der Waals surface area contributed by atoms with E-state index < -0.39 is 17.7 Å². The van der Waals surface area contributed by atoms with Crippen LogP contribution in [0.4, 0.5) is 13.2 Å². The summed E-state index contributed by atoms with van der Waals surface area (Å²) in [5, 5.41) is 0. The molecule has 0 radical (unpaired) electrons. The second kappa shape index (κ2) is 9.39. The first-order valence-corrected chi connectivity index (χ1v) is 12.6. The quantitative estimate of drug-likeness (QED) is 0.411. The molecule has 1 atom stereocenters. The van der Waals surface area contributed by atoms with Crippen LogP contribution in [0.1, 0.15) is 31.7 Å². The number of aryl methyl sites for hydroxylation is 1. The smallest absolute Gasteiger partial charge is 0.414 e. The Labute approximate surface area is 207 Å². The largest absolute Gasteiger partial charge is 0.492 e. The van der Waals surface area contributed by atoms with Crippen molar-refractivity contribution in [1.82, 2.24) is 14.9 Å². The van der Waals surface area contributed by atoms with Crippen LogP contribution in [0.15, 0.2) is 57.9 Å². The second-order valence-corrected chi connectivity index (χ2v) is 10.5. The van der Waals surface area contributed by atoms with Crippen molar-refractivity contribution >= 4 is 22.8 Å². The number of fused-ring (bicyclic) bond motifs is 2. The Morgan fingerprint density at radius 3 is 2.69 bits per heavy atom. The van der Waals surface area contributed by atoms with Crippen molar-refractivity contribution in [2.24, 2.45) is 5.92 Å². The number of rotatable bonds is 4. The fraction of sp³-hybridized carbons (Fsp3) is 0.370. The van der Waals surface area contributed by atoms with E-state index >= 15 is 0 Å². The van der Waals surface area contributed by atoms with Gasteiger partial charge in [-0.1, -0.05) is 36.9 Å². The van der Waals surface area contributed by atoms with Gasteiger partial charge in [0, 0.05) is 36.0 Å². The Morgan fingerprint density at radius 2 is 1.91 bits per heavy atom. The number of benzene rings is 2. The van der Waals surface area contributed by atoms with Crippen LogP contribution in [0.2, 0.25) is 0 Å². The molecule has 8 heteroatoms. The van der Waals surface area contributed by atoms with Crippen molar-refractivity contribution in [2.75, 3.05) is 19.7 Å². The van der Waals surface area contributed by atoms with E-state index in [9.17, 15) is 13.2 Å². The minimum absolute atomic E-state index is 0.258. The van der Waals surface area contributed by atoms with Crippen LogP contribution in [0, 0.1) is 12.8 Å². The standard InChI is InChI=1S/C27H28F3N3OS/c1-4-18-11-16(2)35-25(26(18)27(28,29)30)15-33-9-10-34-24-8-6-19(12-21(24)14-33)20-5-7-22-23(13-20)32-17(3)31-22/h5-8,11-13,18H,4,9-10,14-15H2,1-3H3,(H,31,32). The summed E-state index contributed by atoms with van der Waals surface area (Å²) in [6, 6.07) is 12.2. The van der Waals surface area contributed by atoms with Crippen molar-refractivity contribution in [1.29, 1.82) is 0 Å². The van der Waals surface area contributed by atoms with Gasteiger partial charge in [-0.15, -0.1) is 0 Å². The van der Waals surface area contributed by atoms with Crippen LogP contribution in [0.25, 0.3) is 22.2 Å². The molecular formula is C27H28F3N3OS. The Kier molecular flexibility index (Phi) is 6.44. The Morgan fingerprint density at radius 1 is 1.14 bits per heavy atom. The minimum atomic E-state index is -4.34. The molecular weight excluding hydrogens is 471 g/mol. The normalized spacial score (nSPS) is 19.4. The molecule has 0 fully saturated rings. The maximum Gasteiger partial charge on any atom is 0.414 e. The topological polar surface area (TPSA) is 41.1 Å². The average Bonchev–Trinajstić information content (AvgIpc) is 3.05. The number of alkyl halides is 3. The molecule has 2 aliphatic rings. The summed E-state index contributed by atoms with van der Waals surface area (Å²) in [5.41, 5.74) is 4.58. The molecule has 2 aromatic carbocycles. The molecule has 0 saturated heterocycles. The van der Waals surface area contributed by atoms with E-state index in [2.05, 4.69) is 27.0 Å². The number of hydrogen-bond acceptors (Lipinski definition) is 4. The lowest BCUT2D eigenvalue weighted by Crippen LogP contribution is -2.31. The predicted molar refractivity (Wildman–Crippen MR) is 135 cm³/mol. The summed E-state index contributed by atoms with van der Waals surface area (Å²) < 4.78 is 48.1. The second-order valence-electron chi connectivity index (χ2n) is 9.16. The van der Waals surface area contributed by atoms with Gasteiger partial charge in [-0.05, 0) is 60.6 Å². The predicted octanol–water partition coefficient (Wildman–Crippen LogP) is 7.23. The first kappa shape index (κ1) is 24.0. The number of aromatic amines is 1. The highest BCUT2D eigenvalue weighted by Crippen LogP contribution is 2.46. The third-order valence-corrected chi connectivity index (χ3v) is 7.61. The van der Waals surface area contributed by atoms with E-state index in [1.807, 2.05) is 45.0 Å². The molecule has 3 aromatic rings. The van der Waals surface area contributed by atoms with Gasteiger partial charge in [-0.25, -0.2) is 4.98 Å². The van der Waals surface area contributed by atoms with Gasteiger partial charge in [-0.2, -0.15) is 13.2 Å². The Bertz CT molecular complexity index is 1320. The molecule has 184 valence electrons. The van der Waals surface area contributed by atoms with Crippen LogP contribution < -0.4 is 4.74 Å². The Hall–Kier alpha value is -2.71. The Balaban J connectivity index is 1.44. The number of H-pyrrole nitrogens is 1. The fourth-order valence-electron chi connectivity index (χ4n) is 4.95. The van der Waals surface area contributed by atoms with Crippen LogP contribution in [-0.4, -0.2) is 40.7 Å². The number of ether oxygens (including phenoxy) is 1. The highest BCUT2D eigenvalue weighted by Gasteiger charge is 2.42. The van der Waals surface area contributed by atoms with E-state index in [-0.39, 0.29) is 6.54 Å². The number of aromatic nitrogens is 2. The maximum absolute atomic E-state index is 14.0. The number of nitrogens with zero attached hydrogens (tertiary/aromatic N) is 2. The van der Waals surface area contributed by atoms with Gasteiger partial charge in [0.15, 0.2) is 0 Å². The summed E-state index contributed by atoms with van der Waals surface area (Å²) in [7, 11) is 0. The van der Waals surface area contributed by atoms with Gasteiger partial charge in [0.2, 0.25) is 0 Å². The first-order valence-electron chi connectivity index (χ1n) is 11.8. The molecule has 1 unspecified atom stereocenters. The zero-order chi connectivity index (χ0) is 24.7. The molecule has 0 aliphatic carbocycles. The molecule has 3 heterocycles. The molecule has 1 N–H and O–H groups in total. The molecule has 0 amide bonds. The monoisotopic (exact) mass is 499 g/mol. The van der Waals surface area contributed by atoms with Gasteiger partial charge >= 0.3 is 6.18 Å². The number of hydrogen-bond donors (Lipinski definition) is 1. The van der Waals surface area contributed by atoms with E-state index in [0.717, 1.165) is 44.2 Å². The maximum atomic E-state index is 14.0. The van der Waals surface area contributed by atoms with Crippen LogP contribution in [0.3, 0.4) is 0 Å². The summed E-state index contributed by atoms with van der Waals surface area (Å²) in [6.45, 7) is 7.43. The van der Waals surface area contributed by atoms with Crippen molar-refractivity contribution in [3.63, 3.8) is 0 Å². The number of nitrogens with one attached hydrogen (secondary N) is 1. The highest BCUT2D eigenvalue weighted by atomic mass is 32.2. The van der Waals surface area contributed by atoms with Crippen molar-refractivity contribution < 1.29 is 17.9 Å². The van der Waals surface area contributed by atoms with Gasteiger partial charge in [-0.3, -0.25) is 4.90 Å². The SMILES string of the molecule is CCC1C=C(C)SC(CN2CCOc3ccc(-c4ccc5nc(C)[nH]c5c4)cc3C2)=C1C(F)(F)F. The number of allylic oxidation sites excluding steroid dienone is 3. The van der Waals surface area contributed by atoms with Crippen molar-refractivity contribution in [2.45, 2.75) is 39.9 Å². The first-order chi connectivity index (χ1) is 16.7. The van der Waals surface area contributed by atoms with Gasteiger partial charge < -0.3 is 9.72 Å². The number of thioether (sulfide) groups is 1. The fourth-order valence-corrected chi connectivity index (χ4v) is 6.19. The molecule has 4 nitrogen and oxygen atoms in total. The molecule has 0 bridgehead atoms. The van der Waals surface area contributed by atoms with Crippen molar-refractivity contribution in [3.05, 3.63) is 69.2 Å². The average molecular weight is 500 g/mol. The molecule has 2 aliphatic heterocycles. The van der Waals surface area contributed by atoms with E-state index in [0.29, 0.717) is 31.0 Å². The zero-order valence-electron chi connectivity index (χ0n) is 20.0. The van der Waals surface area contributed by atoms with E-state index in [4.69, 9.17) is 4.74 Å². The third-order valence-electron chi connectivity index (χ3n) is 6.56.